The first-order chi connectivity index (χ1) is 7.17. The maximum Gasteiger partial charge on any atom is 0.145 e. The van der Waals surface area contributed by atoms with Gasteiger partial charge in [-0.3, -0.25) is 0 Å². The van der Waals surface area contributed by atoms with E-state index in [0.717, 1.165) is 0 Å². The number of nitrogens with one attached hydrogen (secondary N) is 1. The molecule has 0 spiro atoms. The highest BCUT2D eigenvalue weighted by Crippen LogP contribution is 2.23. The minimum atomic E-state index is -0.0114. The van der Waals surface area contributed by atoms with Crippen molar-refractivity contribution >= 4 is 29.9 Å². The van der Waals surface area contributed by atoms with Gasteiger partial charge in [0.05, 0.1) is 5.69 Å². The number of halogens is 1. The summed E-state index contributed by atoms with van der Waals surface area (Å²) in [7, 11) is 0. The third kappa shape index (κ3) is 3.21. The average molecular weight is 236 g/mol. The monoisotopic (exact) mass is 235 g/mol. The van der Waals surface area contributed by atoms with Gasteiger partial charge in [-0.2, -0.15) is 10.5 Å². The third-order valence-electron chi connectivity index (χ3n) is 1.57. The molecule has 0 radical (unpaired) electrons. The molecule has 0 aliphatic heterocycles. The Kier molecular flexibility index (Phi) is 4.05. The topological polar surface area (TPSA) is 59.6 Å². The number of nitriles is 2. The van der Waals surface area contributed by atoms with Gasteiger partial charge in [-0.25, -0.2) is 0 Å². The quantitative estimate of drug-likeness (QED) is 0.612. The van der Waals surface area contributed by atoms with Crippen molar-refractivity contribution in [3.05, 3.63) is 35.0 Å². The van der Waals surface area contributed by atoms with Crippen LogP contribution < -0.4 is 5.32 Å². The van der Waals surface area contributed by atoms with E-state index in [0.29, 0.717) is 15.6 Å². The van der Waals surface area contributed by atoms with Crippen molar-refractivity contribution in [3.8, 4) is 12.1 Å². The number of benzene rings is 1. The Labute approximate surface area is 98.0 Å². The predicted molar refractivity (Wildman–Crippen MR) is 61.6 cm³/mol. The number of hydrogen-bond acceptors (Lipinski definition) is 4. The molecule has 0 amide bonds. The molecule has 0 atom stereocenters. The van der Waals surface area contributed by atoms with Gasteiger partial charge in [0, 0.05) is 16.1 Å². The van der Waals surface area contributed by atoms with Gasteiger partial charge in [-0.15, -0.1) is 12.6 Å². The van der Waals surface area contributed by atoms with Crippen molar-refractivity contribution in [2.24, 2.45) is 0 Å². The maximum absolute atomic E-state index is 8.50. The van der Waals surface area contributed by atoms with E-state index in [1.54, 1.807) is 30.3 Å². The fourth-order valence-electron chi connectivity index (χ4n) is 0.863. The van der Waals surface area contributed by atoms with Crippen LogP contribution in [-0.4, -0.2) is 0 Å². The van der Waals surface area contributed by atoms with Gasteiger partial charge in [0.15, 0.2) is 0 Å². The molecule has 0 aliphatic carbocycles. The summed E-state index contributed by atoms with van der Waals surface area (Å²) in [6, 6.07) is 8.56. The van der Waals surface area contributed by atoms with Crippen LogP contribution in [0.25, 0.3) is 0 Å². The van der Waals surface area contributed by atoms with Crippen LogP contribution in [0.4, 0.5) is 5.69 Å². The summed E-state index contributed by atoms with van der Waals surface area (Å²) < 4.78 is 0. The van der Waals surface area contributed by atoms with E-state index in [4.69, 9.17) is 22.1 Å². The van der Waals surface area contributed by atoms with Gasteiger partial charge < -0.3 is 5.32 Å². The lowest BCUT2D eigenvalue weighted by atomic mass is 10.3. The molecule has 0 aromatic heterocycles. The molecule has 0 saturated heterocycles. The van der Waals surface area contributed by atoms with Crippen molar-refractivity contribution in [2.75, 3.05) is 5.32 Å². The minimum Gasteiger partial charge on any atom is -0.359 e. The van der Waals surface area contributed by atoms with Crippen LogP contribution in [0, 0.1) is 22.7 Å². The van der Waals surface area contributed by atoms with Gasteiger partial charge in [0.2, 0.25) is 0 Å². The highest BCUT2D eigenvalue weighted by Gasteiger charge is 1.98. The van der Waals surface area contributed by atoms with Crippen LogP contribution in [0.2, 0.25) is 5.02 Å². The van der Waals surface area contributed by atoms with Gasteiger partial charge >= 0.3 is 0 Å². The lowest BCUT2D eigenvalue weighted by molar-refractivity contribution is 1.40. The van der Waals surface area contributed by atoms with Crippen LogP contribution >= 0.6 is 24.2 Å². The van der Waals surface area contributed by atoms with Crippen molar-refractivity contribution < 1.29 is 0 Å². The van der Waals surface area contributed by atoms with Crippen LogP contribution in [0.3, 0.4) is 0 Å². The summed E-state index contributed by atoms with van der Waals surface area (Å²) in [6.07, 6.45) is 1.31. The zero-order chi connectivity index (χ0) is 11.3. The largest absolute Gasteiger partial charge is 0.359 e. The summed E-state index contributed by atoms with van der Waals surface area (Å²) in [5, 5.41) is 20.3. The molecule has 15 heavy (non-hydrogen) atoms. The van der Waals surface area contributed by atoms with Crippen LogP contribution in [0.5, 0.6) is 0 Å². The van der Waals surface area contributed by atoms with E-state index in [-0.39, 0.29) is 5.57 Å². The number of nitrogens with zero attached hydrogens (tertiary/aromatic N) is 2. The fourth-order valence-corrected chi connectivity index (χ4v) is 1.24. The Morgan fingerprint density at radius 1 is 1.40 bits per heavy atom. The molecule has 1 aromatic carbocycles. The normalized spacial score (nSPS) is 8.53. The molecule has 0 aliphatic rings. The van der Waals surface area contributed by atoms with E-state index in [1.165, 1.54) is 6.20 Å². The minimum absolute atomic E-state index is 0.0114. The van der Waals surface area contributed by atoms with Crippen LogP contribution in [0.1, 0.15) is 0 Å². The summed E-state index contributed by atoms with van der Waals surface area (Å²) in [6.45, 7) is 0. The van der Waals surface area contributed by atoms with Crippen LogP contribution in [0.15, 0.2) is 34.9 Å². The Bertz CT molecular complexity index is 466. The third-order valence-corrected chi connectivity index (χ3v) is 2.20. The first-order valence-electron chi connectivity index (χ1n) is 3.93. The molecule has 0 saturated carbocycles. The second-order valence-corrected chi connectivity index (χ2v) is 3.51. The SMILES string of the molecule is N#CC(C#N)=CNc1cc(Cl)ccc1S. The van der Waals surface area contributed by atoms with E-state index in [1.807, 2.05) is 0 Å². The molecule has 5 heteroatoms. The molecule has 1 aromatic rings. The molecule has 0 fully saturated rings. The average Bonchev–Trinajstić information content (AvgIpc) is 2.24. The molecule has 0 bridgehead atoms. The van der Waals surface area contributed by atoms with Crippen molar-refractivity contribution in [3.63, 3.8) is 0 Å². The maximum atomic E-state index is 8.50. The standard InChI is InChI=1S/C10H6ClN3S/c11-8-1-2-10(15)9(3-8)14-6-7(4-12)5-13/h1-3,6,14-15H. The van der Waals surface area contributed by atoms with Gasteiger partial charge in [-0.05, 0) is 18.2 Å². The summed E-state index contributed by atoms with van der Waals surface area (Å²) in [5.41, 5.74) is 0.636. The van der Waals surface area contributed by atoms with Crippen molar-refractivity contribution in [1.82, 2.24) is 0 Å². The molecule has 74 valence electrons. The van der Waals surface area contributed by atoms with Gasteiger partial charge in [0.25, 0.3) is 0 Å². The number of thiol groups is 1. The van der Waals surface area contributed by atoms with Gasteiger partial charge in [-0.1, -0.05) is 11.6 Å². The second kappa shape index (κ2) is 5.31. The van der Waals surface area contributed by atoms with E-state index in [2.05, 4.69) is 17.9 Å². The molecular weight excluding hydrogens is 230 g/mol. The molecule has 1 rings (SSSR count). The number of anilines is 1. The zero-order valence-electron chi connectivity index (χ0n) is 7.53. The molecular formula is C10H6ClN3S. The Hall–Kier alpha value is -1.62. The highest BCUT2D eigenvalue weighted by molar-refractivity contribution is 7.80. The van der Waals surface area contributed by atoms with Crippen molar-refractivity contribution in [2.45, 2.75) is 4.90 Å². The van der Waals surface area contributed by atoms with E-state index in [9.17, 15) is 0 Å². The number of rotatable bonds is 2. The van der Waals surface area contributed by atoms with E-state index < -0.39 is 0 Å². The fraction of sp³-hybridized carbons (Fsp3) is 0. The molecule has 0 unspecified atom stereocenters. The van der Waals surface area contributed by atoms with Crippen molar-refractivity contribution in [1.29, 1.82) is 10.5 Å². The zero-order valence-corrected chi connectivity index (χ0v) is 9.18. The Morgan fingerprint density at radius 2 is 2.07 bits per heavy atom. The molecule has 1 N–H and O–H groups in total. The Morgan fingerprint density at radius 3 is 2.67 bits per heavy atom. The highest BCUT2D eigenvalue weighted by atomic mass is 35.5. The van der Waals surface area contributed by atoms with Gasteiger partial charge in [0.1, 0.15) is 17.7 Å². The van der Waals surface area contributed by atoms with Crippen LogP contribution in [-0.2, 0) is 0 Å². The van der Waals surface area contributed by atoms with E-state index >= 15 is 0 Å². The predicted octanol–water partition coefficient (Wildman–Crippen LogP) is 2.97. The Balaban J connectivity index is 2.92. The lowest BCUT2D eigenvalue weighted by Gasteiger charge is -2.04. The molecule has 0 heterocycles. The summed E-state index contributed by atoms with van der Waals surface area (Å²) in [4.78, 5) is 0.686. The summed E-state index contributed by atoms with van der Waals surface area (Å²) >= 11 is 9.97. The number of allylic oxidation sites excluding steroid dienone is 1. The lowest BCUT2D eigenvalue weighted by Crippen LogP contribution is -1.91. The second-order valence-electron chi connectivity index (χ2n) is 2.59. The first-order valence-corrected chi connectivity index (χ1v) is 4.75. The smallest absolute Gasteiger partial charge is 0.145 e. The number of hydrogen-bond donors (Lipinski definition) is 2. The molecule has 3 nitrogen and oxygen atoms in total. The summed E-state index contributed by atoms with van der Waals surface area (Å²) in [5.74, 6) is 0. The first kappa shape index (κ1) is 11.5.